The molecule has 1 N–H and O–H groups in total. The number of hydrogen-bond acceptors (Lipinski definition) is 2. The summed E-state index contributed by atoms with van der Waals surface area (Å²) in [6.45, 7) is 1.62. The van der Waals surface area contributed by atoms with Crippen molar-refractivity contribution >= 4 is 23.2 Å². The molecule has 4 nitrogen and oxygen atoms in total. The number of carbonyl (C=O) groups excluding carboxylic acids is 1. The molecule has 1 heterocycles. The summed E-state index contributed by atoms with van der Waals surface area (Å²) in [5.41, 5.74) is -1.75. The van der Waals surface area contributed by atoms with Crippen molar-refractivity contribution in [3.05, 3.63) is 76.3 Å². The molecule has 0 saturated carbocycles. The molecule has 140 valence electrons. The third-order valence-electron chi connectivity index (χ3n) is 3.88. The number of nitrogens with one attached hydrogen (secondary N) is 1. The quantitative estimate of drug-likeness (QED) is 0.614. The Labute approximate surface area is 156 Å². The van der Waals surface area contributed by atoms with Crippen molar-refractivity contribution in [3.8, 4) is 5.69 Å². The van der Waals surface area contributed by atoms with Crippen molar-refractivity contribution in [2.24, 2.45) is 0 Å². The van der Waals surface area contributed by atoms with E-state index >= 15 is 0 Å². The van der Waals surface area contributed by atoms with Crippen LogP contribution in [0.4, 0.5) is 23.2 Å². The van der Waals surface area contributed by atoms with E-state index in [9.17, 15) is 22.4 Å². The van der Waals surface area contributed by atoms with Crippen LogP contribution in [-0.4, -0.2) is 15.7 Å². The zero-order valence-electron chi connectivity index (χ0n) is 13.8. The van der Waals surface area contributed by atoms with Gasteiger partial charge in [0.2, 0.25) is 0 Å². The second-order valence-electron chi connectivity index (χ2n) is 5.63. The molecule has 3 rings (SSSR count). The zero-order chi connectivity index (χ0) is 19.8. The molecule has 0 atom stereocenters. The van der Waals surface area contributed by atoms with E-state index in [1.54, 1.807) is 19.1 Å². The van der Waals surface area contributed by atoms with Crippen molar-refractivity contribution in [1.29, 1.82) is 0 Å². The number of amides is 1. The molecule has 0 spiro atoms. The Morgan fingerprint density at radius 1 is 1.15 bits per heavy atom. The van der Waals surface area contributed by atoms with Crippen LogP contribution in [0.3, 0.4) is 0 Å². The number of aromatic nitrogens is 2. The molecule has 2 aromatic carbocycles. The van der Waals surface area contributed by atoms with Crippen LogP contribution in [0.2, 0.25) is 5.02 Å². The number of rotatable bonds is 3. The molecule has 0 unspecified atom stereocenters. The van der Waals surface area contributed by atoms with Crippen LogP contribution in [0.1, 0.15) is 21.6 Å². The number of benzene rings is 2. The van der Waals surface area contributed by atoms with E-state index < -0.39 is 34.8 Å². The summed E-state index contributed by atoms with van der Waals surface area (Å²) in [5, 5.41) is 6.33. The van der Waals surface area contributed by atoms with Gasteiger partial charge in [-0.3, -0.25) is 4.79 Å². The Balaban J connectivity index is 2.07. The lowest BCUT2D eigenvalue weighted by atomic mass is 10.1. The molecule has 0 aliphatic heterocycles. The minimum absolute atomic E-state index is 0.263. The fourth-order valence-electron chi connectivity index (χ4n) is 2.53. The Morgan fingerprint density at radius 3 is 2.52 bits per heavy atom. The SMILES string of the molecule is Cc1c(Cl)cccc1NC(=O)c1cnn(-c2ccccc2F)c1C(F)(F)F. The largest absolute Gasteiger partial charge is 0.434 e. The average molecular weight is 398 g/mol. The van der Waals surface area contributed by atoms with Crippen molar-refractivity contribution in [1.82, 2.24) is 9.78 Å². The van der Waals surface area contributed by atoms with Crippen molar-refractivity contribution in [2.75, 3.05) is 5.32 Å². The maximum Gasteiger partial charge on any atom is 0.434 e. The number of hydrogen-bond donors (Lipinski definition) is 1. The maximum atomic E-state index is 14.0. The van der Waals surface area contributed by atoms with Crippen LogP contribution >= 0.6 is 11.6 Å². The minimum Gasteiger partial charge on any atom is -0.322 e. The van der Waals surface area contributed by atoms with E-state index in [2.05, 4.69) is 10.4 Å². The second kappa shape index (κ2) is 7.03. The third-order valence-corrected chi connectivity index (χ3v) is 4.29. The van der Waals surface area contributed by atoms with Gasteiger partial charge in [0.15, 0.2) is 5.69 Å². The molecule has 1 amide bonds. The molecule has 9 heteroatoms. The standard InChI is InChI=1S/C18H12ClF4N3O/c1-10-12(19)5-4-7-14(10)25-17(27)11-9-24-26(16(11)18(21,22)23)15-8-3-2-6-13(15)20/h2-9H,1H3,(H,25,27). The van der Waals surface area contributed by atoms with Gasteiger partial charge in [-0.1, -0.05) is 29.8 Å². The van der Waals surface area contributed by atoms with Gasteiger partial charge in [-0.05, 0) is 36.8 Å². The Hall–Kier alpha value is -2.87. The van der Waals surface area contributed by atoms with E-state index in [1.165, 1.54) is 18.2 Å². The number of alkyl halides is 3. The zero-order valence-corrected chi connectivity index (χ0v) is 14.6. The molecule has 0 aliphatic rings. The van der Waals surface area contributed by atoms with Gasteiger partial charge >= 0.3 is 6.18 Å². The van der Waals surface area contributed by atoms with Gasteiger partial charge in [0.05, 0.1) is 11.8 Å². The normalized spacial score (nSPS) is 11.5. The molecule has 3 aromatic rings. The fourth-order valence-corrected chi connectivity index (χ4v) is 2.70. The Morgan fingerprint density at radius 2 is 1.85 bits per heavy atom. The predicted molar refractivity (Wildman–Crippen MR) is 92.7 cm³/mol. The summed E-state index contributed by atoms with van der Waals surface area (Å²) in [6, 6.07) is 9.50. The van der Waals surface area contributed by atoms with E-state index in [0.29, 0.717) is 15.3 Å². The summed E-state index contributed by atoms with van der Waals surface area (Å²) in [5.74, 6) is -1.93. The van der Waals surface area contributed by atoms with Gasteiger partial charge in [-0.15, -0.1) is 0 Å². The first-order valence-electron chi connectivity index (χ1n) is 7.66. The van der Waals surface area contributed by atoms with Gasteiger partial charge in [0, 0.05) is 10.7 Å². The molecule has 0 fully saturated rings. The highest BCUT2D eigenvalue weighted by atomic mass is 35.5. The highest BCUT2D eigenvalue weighted by molar-refractivity contribution is 6.31. The molecule has 27 heavy (non-hydrogen) atoms. The van der Waals surface area contributed by atoms with Crippen LogP contribution in [0.5, 0.6) is 0 Å². The summed E-state index contributed by atoms with van der Waals surface area (Å²) in [7, 11) is 0. The predicted octanol–water partition coefficient (Wildman–Crippen LogP) is 5.24. The van der Waals surface area contributed by atoms with Crippen LogP contribution in [0, 0.1) is 12.7 Å². The molecular formula is C18H12ClF4N3O. The molecule has 0 saturated heterocycles. The number of halogens is 5. The molecule has 0 radical (unpaired) electrons. The fraction of sp³-hybridized carbons (Fsp3) is 0.111. The summed E-state index contributed by atoms with van der Waals surface area (Å²) >= 11 is 5.96. The molecular weight excluding hydrogens is 386 g/mol. The smallest absolute Gasteiger partial charge is 0.322 e. The first kappa shape index (κ1) is 18.9. The average Bonchev–Trinajstić information content (AvgIpc) is 3.05. The topological polar surface area (TPSA) is 46.9 Å². The van der Waals surface area contributed by atoms with Crippen molar-refractivity contribution in [2.45, 2.75) is 13.1 Å². The summed E-state index contributed by atoms with van der Waals surface area (Å²) in [6.07, 6.45) is -4.18. The second-order valence-corrected chi connectivity index (χ2v) is 6.04. The van der Waals surface area contributed by atoms with E-state index in [4.69, 9.17) is 11.6 Å². The highest BCUT2D eigenvalue weighted by Gasteiger charge is 2.41. The summed E-state index contributed by atoms with van der Waals surface area (Å²) < 4.78 is 55.2. The highest BCUT2D eigenvalue weighted by Crippen LogP contribution is 2.34. The van der Waals surface area contributed by atoms with E-state index in [-0.39, 0.29) is 5.69 Å². The van der Waals surface area contributed by atoms with Crippen LogP contribution in [-0.2, 0) is 6.18 Å². The van der Waals surface area contributed by atoms with Gasteiger partial charge in [-0.2, -0.15) is 18.3 Å². The lowest BCUT2D eigenvalue weighted by Gasteiger charge is -2.14. The van der Waals surface area contributed by atoms with E-state index in [1.807, 2.05) is 0 Å². The molecule has 1 aromatic heterocycles. The van der Waals surface area contributed by atoms with E-state index in [0.717, 1.165) is 18.3 Å². The van der Waals surface area contributed by atoms with Crippen molar-refractivity contribution in [3.63, 3.8) is 0 Å². The maximum absolute atomic E-state index is 14.0. The van der Waals surface area contributed by atoms with Gasteiger partial charge in [0.1, 0.15) is 11.5 Å². The lowest BCUT2D eigenvalue weighted by Crippen LogP contribution is -2.21. The summed E-state index contributed by atoms with van der Waals surface area (Å²) in [4.78, 5) is 12.5. The Bertz CT molecular complexity index is 1010. The van der Waals surface area contributed by atoms with Crippen LogP contribution < -0.4 is 5.32 Å². The lowest BCUT2D eigenvalue weighted by molar-refractivity contribution is -0.143. The number of nitrogens with zero attached hydrogens (tertiary/aromatic N) is 2. The van der Waals surface area contributed by atoms with Crippen LogP contribution in [0.25, 0.3) is 5.69 Å². The van der Waals surface area contributed by atoms with Gasteiger partial charge < -0.3 is 5.32 Å². The number of anilines is 1. The molecule has 0 bridgehead atoms. The van der Waals surface area contributed by atoms with Gasteiger partial charge in [0.25, 0.3) is 5.91 Å². The monoisotopic (exact) mass is 397 g/mol. The number of para-hydroxylation sites is 1. The Kier molecular flexibility index (Phi) is 4.93. The first-order chi connectivity index (χ1) is 12.7. The van der Waals surface area contributed by atoms with Crippen LogP contribution in [0.15, 0.2) is 48.7 Å². The first-order valence-corrected chi connectivity index (χ1v) is 8.04. The van der Waals surface area contributed by atoms with Gasteiger partial charge in [-0.25, -0.2) is 9.07 Å². The van der Waals surface area contributed by atoms with Crippen molar-refractivity contribution < 1.29 is 22.4 Å². The minimum atomic E-state index is -4.94. The third kappa shape index (κ3) is 3.66. The number of carbonyl (C=O) groups is 1. The molecule has 0 aliphatic carbocycles.